The van der Waals surface area contributed by atoms with Gasteiger partial charge in [0.15, 0.2) is 0 Å². The van der Waals surface area contributed by atoms with E-state index in [9.17, 15) is 19.5 Å². The van der Waals surface area contributed by atoms with Gasteiger partial charge in [-0.05, 0) is 70.8 Å². The van der Waals surface area contributed by atoms with E-state index in [1.165, 1.54) is 0 Å². The van der Waals surface area contributed by atoms with Crippen LogP contribution < -0.4 is 10.1 Å². The number of hydrogen-bond acceptors (Lipinski definition) is 5. The average molecular weight is 618 g/mol. The molecule has 1 aliphatic heterocycles. The van der Waals surface area contributed by atoms with Crippen molar-refractivity contribution >= 4 is 17.8 Å². The minimum Gasteiger partial charge on any atom is -0.487 e. The van der Waals surface area contributed by atoms with Crippen LogP contribution in [-0.2, 0) is 40.4 Å². The zero-order chi connectivity index (χ0) is 31.9. The van der Waals surface area contributed by atoms with Gasteiger partial charge in [0, 0.05) is 32.0 Å². The molecule has 0 unspecified atom stereocenters. The molecule has 236 valence electrons. The number of carboxylic acid groups (broad SMARTS) is 1. The van der Waals surface area contributed by atoms with Gasteiger partial charge in [-0.15, -0.1) is 0 Å². The van der Waals surface area contributed by atoms with E-state index >= 15 is 0 Å². The van der Waals surface area contributed by atoms with Gasteiger partial charge in [-0.1, -0.05) is 79.6 Å². The third-order valence-corrected chi connectivity index (χ3v) is 9.10. The molecule has 6 rings (SSSR count). The van der Waals surface area contributed by atoms with Crippen molar-refractivity contribution in [3.63, 3.8) is 0 Å². The van der Waals surface area contributed by atoms with Gasteiger partial charge < -0.3 is 20.1 Å². The lowest BCUT2D eigenvalue weighted by Crippen LogP contribution is -2.56. The molecule has 0 radical (unpaired) electrons. The molecule has 2 atom stereocenters. The topological polar surface area (TPSA) is 109 Å². The smallest absolute Gasteiger partial charge is 0.326 e. The molecule has 1 saturated carbocycles. The second-order valence-electron chi connectivity index (χ2n) is 12.3. The van der Waals surface area contributed by atoms with E-state index in [1.54, 1.807) is 11.1 Å². The molecule has 2 amide bonds. The van der Waals surface area contributed by atoms with Crippen molar-refractivity contribution in [1.29, 1.82) is 0 Å². The molecule has 2 heterocycles. The number of rotatable bonds is 11. The first-order valence-electron chi connectivity index (χ1n) is 16.0. The van der Waals surface area contributed by atoms with Crippen LogP contribution in [0.5, 0.6) is 5.75 Å². The highest BCUT2D eigenvalue weighted by Gasteiger charge is 2.37. The van der Waals surface area contributed by atoms with Crippen LogP contribution in [0.1, 0.15) is 54.5 Å². The number of nitrogens with zero attached hydrogens (tertiary/aromatic N) is 2. The Morgan fingerprint density at radius 2 is 1.63 bits per heavy atom. The van der Waals surface area contributed by atoms with Crippen LogP contribution in [0.4, 0.5) is 0 Å². The Morgan fingerprint density at radius 3 is 2.35 bits per heavy atom. The largest absolute Gasteiger partial charge is 0.487 e. The third kappa shape index (κ3) is 7.62. The third-order valence-electron chi connectivity index (χ3n) is 9.10. The van der Waals surface area contributed by atoms with Crippen LogP contribution in [0.15, 0.2) is 97.2 Å². The van der Waals surface area contributed by atoms with E-state index in [0.29, 0.717) is 31.1 Å². The molecular formula is C38H39N3O5. The fraction of sp³-hybridized carbons (Fsp3) is 0.316. The standard InChI is InChI=1S/C38H39N3O5/c42-36(21-26-8-4-5-9-26)41-24-31-22-33(46-25-32-12-6-7-19-39-32)18-17-30(31)23-35(41)37(43)40-34(38(44)45)20-27-13-15-29(16-14-27)28-10-2-1-3-11-28/h1-3,6-7,10-19,22,26,34-35H,4-5,8-9,20-21,23-25H2,(H,40,43)(H,44,45)/t34-,35-/m0/s1. The van der Waals surface area contributed by atoms with Crippen molar-refractivity contribution < 1.29 is 24.2 Å². The van der Waals surface area contributed by atoms with Crippen LogP contribution in [0.2, 0.25) is 0 Å². The summed E-state index contributed by atoms with van der Waals surface area (Å²) >= 11 is 0. The molecular weight excluding hydrogens is 578 g/mol. The fourth-order valence-corrected chi connectivity index (χ4v) is 6.53. The maximum absolute atomic E-state index is 13.8. The van der Waals surface area contributed by atoms with Gasteiger partial charge in [0.05, 0.1) is 5.69 Å². The number of fused-ring (bicyclic) bond motifs is 1. The Balaban J connectivity index is 1.18. The number of carbonyl (C=O) groups is 3. The number of hydrogen-bond donors (Lipinski definition) is 2. The zero-order valence-corrected chi connectivity index (χ0v) is 25.8. The van der Waals surface area contributed by atoms with Crippen molar-refractivity contribution in [1.82, 2.24) is 15.2 Å². The summed E-state index contributed by atoms with van der Waals surface area (Å²) in [6.45, 7) is 0.582. The number of benzene rings is 3. The Hall–Kier alpha value is -4.98. The Kier molecular flexibility index (Phi) is 9.72. The molecule has 46 heavy (non-hydrogen) atoms. The predicted molar refractivity (Wildman–Crippen MR) is 175 cm³/mol. The number of pyridine rings is 1. The predicted octanol–water partition coefficient (Wildman–Crippen LogP) is 5.97. The Bertz CT molecular complexity index is 1650. The van der Waals surface area contributed by atoms with Gasteiger partial charge in [0.1, 0.15) is 24.4 Å². The summed E-state index contributed by atoms with van der Waals surface area (Å²) in [6.07, 6.45) is 6.82. The van der Waals surface area contributed by atoms with Crippen molar-refractivity contribution in [3.8, 4) is 16.9 Å². The summed E-state index contributed by atoms with van der Waals surface area (Å²) in [5, 5.41) is 12.9. The van der Waals surface area contributed by atoms with E-state index in [-0.39, 0.29) is 18.9 Å². The van der Waals surface area contributed by atoms with Crippen LogP contribution in [0.3, 0.4) is 0 Å². The number of carboxylic acids is 1. The van der Waals surface area contributed by atoms with Crippen LogP contribution in [0, 0.1) is 5.92 Å². The number of aliphatic carboxylic acids is 1. The summed E-state index contributed by atoms with van der Waals surface area (Å²) in [5.41, 5.74) is 5.58. The first-order valence-corrected chi connectivity index (χ1v) is 16.0. The monoisotopic (exact) mass is 617 g/mol. The molecule has 8 nitrogen and oxygen atoms in total. The van der Waals surface area contributed by atoms with E-state index in [1.807, 2.05) is 91.0 Å². The maximum Gasteiger partial charge on any atom is 0.326 e. The second-order valence-corrected chi connectivity index (χ2v) is 12.3. The first-order chi connectivity index (χ1) is 22.4. The summed E-state index contributed by atoms with van der Waals surface area (Å²) in [4.78, 5) is 45.9. The van der Waals surface area contributed by atoms with E-state index in [2.05, 4.69) is 10.3 Å². The number of carbonyl (C=O) groups excluding carboxylic acids is 2. The summed E-state index contributed by atoms with van der Waals surface area (Å²) in [7, 11) is 0. The minimum absolute atomic E-state index is 0.0686. The molecule has 1 aromatic heterocycles. The van der Waals surface area contributed by atoms with E-state index < -0.39 is 24.0 Å². The lowest BCUT2D eigenvalue weighted by Gasteiger charge is -2.37. The molecule has 0 spiro atoms. The minimum atomic E-state index is -1.13. The molecule has 2 aliphatic rings. The number of ether oxygens (including phenoxy) is 1. The van der Waals surface area contributed by atoms with Crippen LogP contribution in [0.25, 0.3) is 11.1 Å². The average Bonchev–Trinajstić information content (AvgIpc) is 3.60. The molecule has 8 heteroatoms. The molecule has 2 N–H and O–H groups in total. The number of nitrogens with one attached hydrogen (secondary N) is 1. The van der Waals surface area contributed by atoms with Crippen molar-refractivity contribution in [2.75, 3.05) is 0 Å². The van der Waals surface area contributed by atoms with Gasteiger partial charge in [-0.25, -0.2) is 4.79 Å². The van der Waals surface area contributed by atoms with Gasteiger partial charge in [0.2, 0.25) is 11.8 Å². The molecule has 0 saturated heterocycles. The van der Waals surface area contributed by atoms with Crippen LogP contribution >= 0.6 is 0 Å². The fourth-order valence-electron chi connectivity index (χ4n) is 6.53. The molecule has 3 aromatic carbocycles. The lowest BCUT2D eigenvalue weighted by atomic mass is 9.91. The highest BCUT2D eigenvalue weighted by atomic mass is 16.5. The van der Waals surface area contributed by atoms with E-state index in [4.69, 9.17) is 4.74 Å². The Labute approximate surface area is 269 Å². The van der Waals surface area contributed by atoms with Gasteiger partial charge in [0.25, 0.3) is 0 Å². The van der Waals surface area contributed by atoms with Crippen molar-refractivity contribution in [3.05, 3.63) is 120 Å². The molecule has 4 aromatic rings. The first kappa shape index (κ1) is 31.0. The summed E-state index contributed by atoms with van der Waals surface area (Å²) in [6, 6.07) is 27.1. The van der Waals surface area contributed by atoms with Crippen molar-refractivity contribution in [2.24, 2.45) is 5.92 Å². The second kappa shape index (κ2) is 14.4. The molecule has 1 aliphatic carbocycles. The van der Waals surface area contributed by atoms with Crippen LogP contribution in [-0.4, -0.2) is 44.9 Å². The van der Waals surface area contributed by atoms with Gasteiger partial charge in [-0.3, -0.25) is 14.6 Å². The highest BCUT2D eigenvalue weighted by Crippen LogP contribution is 2.32. The van der Waals surface area contributed by atoms with Crippen molar-refractivity contribution in [2.45, 2.75) is 70.2 Å². The van der Waals surface area contributed by atoms with E-state index in [0.717, 1.165) is 59.2 Å². The zero-order valence-electron chi connectivity index (χ0n) is 25.8. The lowest BCUT2D eigenvalue weighted by molar-refractivity contribution is -0.145. The highest BCUT2D eigenvalue weighted by molar-refractivity contribution is 5.91. The van der Waals surface area contributed by atoms with Gasteiger partial charge in [-0.2, -0.15) is 0 Å². The normalized spacial score (nSPS) is 16.8. The Morgan fingerprint density at radius 1 is 0.891 bits per heavy atom. The maximum atomic E-state index is 13.8. The quantitative estimate of drug-likeness (QED) is 0.215. The summed E-state index contributed by atoms with van der Waals surface area (Å²) < 4.78 is 5.99. The molecule has 1 fully saturated rings. The molecule has 0 bridgehead atoms. The van der Waals surface area contributed by atoms with Gasteiger partial charge >= 0.3 is 5.97 Å². The summed E-state index contributed by atoms with van der Waals surface area (Å²) in [5.74, 6) is -0.652. The SMILES string of the molecule is O=C(O)[C@H](Cc1ccc(-c2ccccc2)cc1)NC(=O)[C@@H]1Cc2ccc(OCc3ccccn3)cc2CN1C(=O)CC1CCCC1. The number of aromatic nitrogens is 1. The number of amides is 2.